The standard InChI is InChI=1S/C21H23ClFNO2/c1-21(2,3)16-7-4-14(5-8-16)20(25)24-11-18(12-24)26-13-15-6-9-17(23)10-19(15)22/h4-10,18H,11-13H2,1-3H3. The van der Waals surface area contributed by atoms with Crippen molar-refractivity contribution in [1.29, 1.82) is 0 Å². The van der Waals surface area contributed by atoms with Gasteiger partial charge < -0.3 is 9.64 Å². The molecule has 0 bridgehead atoms. The first-order valence-corrected chi connectivity index (χ1v) is 9.07. The SMILES string of the molecule is CC(C)(C)c1ccc(C(=O)N2CC(OCc3ccc(F)cc3Cl)C2)cc1. The molecule has 0 aromatic heterocycles. The largest absolute Gasteiger partial charge is 0.370 e. The highest BCUT2D eigenvalue weighted by Crippen LogP contribution is 2.24. The molecule has 0 N–H and O–H groups in total. The first-order valence-electron chi connectivity index (χ1n) is 8.69. The van der Waals surface area contributed by atoms with E-state index in [1.807, 2.05) is 24.3 Å². The van der Waals surface area contributed by atoms with Crippen LogP contribution in [0.15, 0.2) is 42.5 Å². The number of halogens is 2. The van der Waals surface area contributed by atoms with Gasteiger partial charge in [-0.2, -0.15) is 0 Å². The normalized spacial score (nSPS) is 15.0. The molecule has 0 aliphatic carbocycles. The Bertz CT molecular complexity index is 793. The van der Waals surface area contributed by atoms with E-state index in [0.717, 1.165) is 5.56 Å². The highest BCUT2D eigenvalue weighted by Gasteiger charge is 2.32. The van der Waals surface area contributed by atoms with Crippen molar-refractivity contribution in [1.82, 2.24) is 4.90 Å². The van der Waals surface area contributed by atoms with Gasteiger partial charge in [0.1, 0.15) is 5.82 Å². The number of amides is 1. The van der Waals surface area contributed by atoms with E-state index in [1.54, 1.807) is 11.0 Å². The number of rotatable bonds is 4. The second kappa shape index (κ2) is 7.37. The van der Waals surface area contributed by atoms with Crippen molar-refractivity contribution in [3.05, 3.63) is 70.0 Å². The molecule has 1 saturated heterocycles. The van der Waals surface area contributed by atoms with Gasteiger partial charge in [0.2, 0.25) is 0 Å². The highest BCUT2D eigenvalue weighted by molar-refractivity contribution is 6.31. The van der Waals surface area contributed by atoms with Gasteiger partial charge in [0, 0.05) is 23.7 Å². The van der Waals surface area contributed by atoms with Gasteiger partial charge in [0.15, 0.2) is 0 Å². The Hall–Kier alpha value is -1.91. The second-order valence-electron chi connectivity index (χ2n) is 7.71. The van der Waals surface area contributed by atoms with Crippen molar-refractivity contribution in [3.8, 4) is 0 Å². The molecule has 2 aromatic rings. The van der Waals surface area contributed by atoms with Crippen molar-refractivity contribution >= 4 is 17.5 Å². The lowest BCUT2D eigenvalue weighted by Crippen LogP contribution is -2.54. The maximum atomic E-state index is 13.0. The number of benzene rings is 2. The molecule has 1 heterocycles. The average molecular weight is 376 g/mol. The Labute approximate surface area is 158 Å². The Balaban J connectivity index is 1.50. The van der Waals surface area contributed by atoms with E-state index in [4.69, 9.17) is 16.3 Å². The smallest absolute Gasteiger partial charge is 0.254 e. The van der Waals surface area contributed by atoms with Crippen molar-refractivity contribution in [3.63, 3.8) is 0 Å². The molecular formula is C21H23ClFNO2. The zero-order valence-corrected chi connectivity index (χ0v) is 16.0. The minimum Gasteiger partial charge on any atom is -0.370 e. The zero-order valence-electron chi connectivity index (χ0n) is 15.3. The summed E-state index contributed by atoms with van der Waals surface area (Å²) in [5, 5.41) is 0.358. The van der Waals surface area contributed by atoms with Gasteiger partial charge >= 0.3 is 0 Å². The molecule has 0 atom stereocenters. The van der Waals surface area contributed by atoms with Gasteiger partial charge in [-0.1, -0.05) is 50.6 Å². The van der Waals surface area contributed by atoms with Gasteiger partial charge in [-0.15, -0.1) is 0 Å². The minimum absolute atomic E-state index is 0.0186. The quantitative estimate of drug-likeness (QED) is 0.766. The van der Waals surface area contributed by atoms with Crippen LogP contribution in [0, 0.1) is 5.82 Å². The van der Waals surface area contributed by atoms with Crippen molar-refractivity contribution < 1.29 is 13.9 Å². The van der Waals surface area contributed by atoms with Gasteiger partial charge in [0.05, 0.1) is 12.7 Å². The summed E-state index contributed by atoms with van der Waals surface area (Å²) in [6.45, 7) is 7.86. The van der Waals surface area contributed by atoms with E-state index in [1.165, 1.54) is 17.7 Å². The number of carbonyl (C=O) groups excluding carboxylic acids is 1. The summed E-state index contributed by atoms with van der Waals surface area (Å²) in [4.78, 5) is 14.3. The predicted octanol–water partition coefficient (Wildman–Crippen LogP) is 4.82. The zero-order chi connectivity index (χ0) is 18.9. The van der Waals surface area contributed by atoms with Crippen molar-refractivity contribution in [2.24, 2.45) is 0 Å². The average Bonchev–Trinajstić information content (AvgIpc) is 2.54. The second-order valence-corrected chi connectivity index (χ2v) is 8.11. The highest BCUT2D eigenvalue weighted by atomic mass is 35.5. The molecule has 0 unspecified atom stereocenters. The first kappa shape index (κ1) is 18.9. The number of hydrogen-bond donors (Lipinski definition) is 0. The predicted molar refractivity (Wildman–Crippen MR) is 101 cm³/mol. The maximum Gasteiger partial charge on any atom is 0.254 e. The van der Waals surface area contributed by atoms with E-state index in [9.17, 15) is 9.18 Å². The number of carbonyl (C=O) groups is 1. The summed E-state index contributed by atoms with van der Waals surface area (Å²) in [7, 11) is 0. The molecule has 26 heavy (non-hydrogen) atoms. The molecule has 2 aromatic carbocycles. The molecule has 0 saturated carbocycles. The summed E-state index contributed by atoms with van der Waals surface area (Å²) in [6.07, 6.45) is -0.0195. The fourth-order valence-electron chi connectivity index (χ4n) is 2.85. The summed E-state index contributed by atoms with van der Waals surface area (Å²) in [5.74, 6) is -0.346. The molecule has 1 amide bonds. The Morgan fingerprint density at radius 1 is 1.19 bits per heavy atom. The fraction of sp³-hybridized carbons (Fsp3) is 0.381. The van der Waals surface area contributed by atoms with Crippen LogP contribution < -0.4 is 0 Å². The van der Waals surface area contributed by atoms with Crippen molar-refractivity contribution in [2.45, 2.75) is 38.9 Å². The lowest BCUT2D eigenvalue weighted by molar-refractivity contribution is -0.0503. The lowest BCUT2D eigenvalue weighted by atomic mass is 9.86. The van der Waals surface area contributed by atoms with Crippen LogP contribution in [0.25, 0.3) is 0 Å². The Morgan fingerprint density at radius 3 is 2.42 bits per heavy atom. The van der Waals surface area contributed by atoms with Crippen LogP contribution in [0.2, 0.25) is 5.02 Å². The number of likely N-dealkylation sites (tertiary alicyclic amines) is 1. The molecule has 1 aliphatic heterocycles. The van der Waals surface area contributed by atoms with Crippen LogP contribution in [0.1, 0.15) is 42.3 Å². The summed E-state index contributed by atoms with van der Waals surface area (Å²) < 4.78 is 18.8. The molecule has 138 valence electrons. The molecular weight excluding hydrogens is 353 g/mol. The van der Waals surface area contributed by atoms with Gasteiger partial charge in [-0.05, 0) is 40.8 Å². The molecule has 0 spiro atoms. The van der Waals surface area contributed by atoms with Crippen LogP contribution in [-0.4, -0.2) is 30.0 Å². The lowest BCUT2D eigenvalue weighted by Gasteiger charge is -2.39. The summed E-state index contributed by atoms with van der Waals surface area (Å²) >= 11 is 5.99. The minimum atomic E-state index is -0.364. The van der Waals surface area contributed by atoms with Gasteiger partial charge in [-0.25, -0.2) is 4.39 Å². The maximum absolute atomic E-state index is 13.0. The first-order chi connectivity index (χ1) is 12.2. The van der Waals surface area contributed by atoms with Crippen LogP contribution in [0.5, 0.6) is 0 Å². The van der Waals surface area contributed by atoms with E-state index in [0.29, 0.717) is 30.3 Å². The monoisotopic (exact) mass is 375 g/mol. The summed E-state index contributed by atoms with van der Waals surface area (Å²) in [6, 6.07) is 12.1. The third-order valence-electron chi connectivity index (χ3n) is 4.62. The van der Waals surface area contributed by atoms with Crippen LogP contribution in [-0.2, 0) is 16.8 Å². The van der Waals surface area contributed by atoms with Crippen LogP contribution in [0.3, 0.4) is 0 Å². The van der Waals surface area contributed by atoms with E-state index < -0.39 is 0 Å². The summed E-state index contributed by atoms with van der Waals surface area (Å²) in [5.41, 5.74) is 2.71. The third-order valence-corrected chi connectivity index (χ3v) is 4.97. The van der Waals surface area contributed by atoms with Gasteiger partial charge in [0.25, 0.3) is 5.91 Å². The fourth-order valence-corrected chi connectivity index (χ4v) is 3.07. The topological polar surface area (TPSA) is 29.5 Å². The van der Waals surface area contributed by atoms with E-state index >= 15 is 0 Å². The Morgan fingerprint density at radius 2 is 1.85 bits per heavy atom. The Kier molecular flexibility index (Phi) is 5.35. The molecule has 3 rings (SSSR count). The molecule has 5 heteroatoms. The molecule has 1 fully saturated rings. The van der Waals surface area contributed by atoms with Crippen LogP contribution in [0.4, 0.5) is 4.39 Å². The van der Waals surface area contributed by atoms with Crippen LogP contribution >= 0.6 is 11.6 Å². The third kappa shape index (κ3) is 4.25. The molecule has 1 aliphatic rings. The van der Waals surface area contributed by atoms with E-state index in [2.05, 4.69) is 20.8 Å². The molecule has 3 nitrogen and oxygen atoms in total. The number of ether oxygens (including phenoxy) is 1. The van der Waals surface area contributed by atoms with E-state index in [-0.39, 0.29) is 23.2 Å². The van der Waals surface area contributed by atoms with Gasteiger partial charge in [-0.3, -0.25) is 4.79 Å². The molecule has 0 radical (unpaired) electrons. The van der Waals surface area contributed by atoms with Crippen molar-refractivity contribution in [2.75, 3.05) is 13.1 Å². The number of nitrogens with zero attached hydrogens (tertiary/aromatic N) is 1. The number of hydrogen-bond acceptors (Lipinski definition) is 2.